The molecule has 2 aromatic carbocycles. The Bertz CT molecular complexity index is 1020. The molecule has 0 atom stereocenters. The van der Waals surface area contributed by atoms with Crippen LogP contribution in [0, 0.1) is 10.1 Å². The van der Waals surface area contributed by atoms with Gasteiger partial charge in [-0.2, -0.15) is 13.2 Å². The zero-order valence-electron chi connectivity index (χ0n) is 14.1. The molecule has 0 saturated carbocycles. The van der Waals surface area contributed by atoms with Gasteiger partial charge in [-0.25, -0.2) is 4.98 Å². The fraction of sp³-hybridized carbons (Fsp3) is 0.0526. The van der Waals surface area contributed by atoms with Gasteiger partial charge in [0.1, 0.15) is 5.69 Å². The van der Waals surface area contributed by atoms with Crippen molar-refractivity contribution < 1.29 is 22.9 Å². The Morgan fingerprint density at radius 2 is 1.64 bits per heavy atom. The summed E-state index contributed by atoms with van der Waals surface area (Å²) in [5.41, 5.74) is 0.0986. The highest BCUT2D eigenvalue weighted by Crippen LogP contribution is 2.30. The number of nitrogens with one attached hydrogen (secondary N) is 1. The molecule has 0 aliphatic heterocycles. The molecule has 0 fully saturated rings. The summed E-state index contributed by atoms with van der Waals surface area (Å²) in [7, 11) is 0. The quantitative estimate of drug-likeness (QED) is 0.508. The van der Waals surface area contributed by atoms with Crippen LogP contribution in [0.5, 0.6) is 0 Å². The van der Waals surface area contributed by atoms with Crippen molar-refractivity contribution in [3.8, 4) is 11.3 Å². The second-order valence-electron chi connectivity index (χ2n) is 5.73. The third kappa shape index (κ3) is 4.14. The van der Waals surface area contributed by atoms with E-state index in [-0.39, 0.29) is 22.6 Å². The third-order valence-corrected chi connectivity index (χ3v) is 3.87. The van der Waals surface area contributed by atoms with Gasteiger partial charge in [-0.15, -0.1) is 0 Å². The van der Waals surface area contributed by atoms with Crippen LogP contribution in [-0.4, -0.2) is 15.8 Å². The monoisotopic (exact) mass is 387 g/mol. The first-order chi connectivity index (χ1) is 13.3. The smallest absolute Gasteiger partial charge is 0.322 e. The van der Waals surface area contributed by atoms with Gasteiger partial charge in [0.25, 0.3) is 11.6 Å². The molecule has 0 radical (unpaired) electrons. The molecule has 0 aliphatic rings. The average Bonchev–Trinajstić information content (AvgIpc) is 2.68. The van der Waals surface area contributed by atoms with E-state index in [1.807, 2.05) is 0 Å². The standard InChI is InChI=1S/C19H12F3N3O3/c20-19(21,22)14-7-9-15(10-8-14)24-18(26)13-5-3-12(4-6-13)17-16(25(27)28)2-1-11-23-17/h1-11H,(H,24,26). The maximum Gasteiger partial charge on any atom is 0.416 e. The number of benzene rings is 2. The normalized spacial score (nSPS) is 11.1. The first kappa shape index (κ1) is 19.0. The van der Waals surface area contributed by atoms with Gasteiger partial charge in [0.15, 0.2) is 0 Å². The number of aromatic nitrogens is 1. The number of carbonyl (C=O) groups is 1. The number of nitrogens with zero attached hydrogens (tertiary/aromatic N) is 2. The van der Waals surface area contributed by atoms with E-state index in [1.54, 1.807) is 0 Å². The van der Waals surface area contributed by atoms with Crippen LogP contribution in [0.3, 0.4) is 0 Å². The molecule has 3 rings (SSSR count). The molecule has 1 amide bonds. The van der Waals surface area contributed by atoms with E-state index < -0.39 is 22.6 Å². The zero-order chi connectivity index (χ0) is 20.3. The Hall–Kier alpha value is -3.75. The molecule has 3 aromatic rings. The molecule has 1 heterocycles. The third-order valence-electron chi connectivity index (χ3n) is 3.87. The summed E-state index contributed by atoms with van der Waals surface area (Å²) in [4.78, 5) is 26.8. The number of halogens is 3. The highest BCUT2D eigenvalue weighted by Gasteiger charge is 2.30. The lowest BCUT2D eigenvalue weighted by Crippen LogP contribution is -2.12. The van der Waals surface area contributed by atoms with Crippen LogP contribution in [-0.2, 0) is 6.18 Å². The number of carbonyl (C=O) groups excluding carboxylic acids is 1. The number of nitro groups is 1. The fourth-order valence-corrected chi connectivity index (χ4v) is 2.49. The predicted octanol–water partition coefficient (Wildman–Crippen LogP) is 4.93. The largest absolute Gasteiger partial charge is 0.416 e. The summed E-state index contributed by atoms with van der Waals surface area (Å²) >= 11 is 0. The lowest BCUT2D eigenvalue weighted by Gasteiger charge is -2.09. The predicted molar refractivity (Wildman–Crippen MR) is 95.7 cm³/mol. The Morgan fingerprint density at radius 1 is 1.00 bits per heavy atom. The minimum absolute atomic E-state index is 0.163. The van der Waals surface area contributed by atoms with Crippen molar-refractivity contribution in [1.82, 2.24) is 4.98 Å². The Morgan fingerprint density at radius 3 is 2.21 bits per heavy atom. The van der Waals surface area contributed by atoms with Crippen LogP contribution in [0.2, 0.25) is 0 Å². The van der Waals surface area contributed by atoms with Crippen molar-refractivity contribution in [3.05, 3.63) is 88.1 Å². The molecule has 0 saturated heterocycles. The van der Waals surface area contributed by atoms with Gasteiger partial charge in [-0.3, -0.25) is 14.9 Å². The van der Waals surface area contributed by atoms with E-state index in [0.29, 0.717) is 5.56 Å². The van der Waals surface area contributed by atoms with Crippen LogP contribution in [0.15, 0.2) is 66.9 Å². The van der Waals surface area contributed by atoms with Gasteiger partial charge in [0, 0.05) is 29.1 Å². The molecule has 6 nitrogen and oxygen atoms in total. The molecule has 1 N–H and O–H groups in total. The number of hydrogen-bond acceptors (Lipinski definition) is 4. The van der Waals surface area contributed by atoms with Crippen LogP contribution in [0.25, 0.3) is 11.3 Å². The number of hydrogen-bond donors (Lipinski definition) is 1. The van der Waals surface area contributed by atoms with Crippen molar-refractivity contribution in [1.29, 1.82) is 0 Å². The molecule has 0 bridgehead atoms. The zero-order valence-corrected chi connectivity index (χ0v) is 14.1. The maximum absolute atomic E-state index is 12.6. The second-order valence-corrected chi connectivity index (χ2v) is 5.73. The van der Waals surface area contributed by atoms with Crippen molar-refractivity contribution in [3.63, 3.8) is 0 Å². The van der Waals surface area contributed by atoms with E-state index >= 15 is 0 Å². The molecule has 28 heavy (non-hydrogen) atoms. The molecule has 1 aromatic heterocycles. The Balaban J connectivity index is 1.77. The topological polar surface area (TPSA) is 85.1 Å². The van der Waals surface area contributed by atoms with Crippen molar-refractivity contribution in [2.24, 2.45) is 0 Å². The molecule has 142 valence electrons. The summed E-state index contributed by atoms with van der Waals surface area (Å²) in [6, 6.07) is 12.8. The van der Waals surface area contributed by atoms with E-state index in [9.17, 15) is 28.1 Å². The van der Waals surface area contributed by atoms with Crippen molar-refractivity contribution in [2.75, 3.05) is 5.32 Å². The molecule has 9 heteroatoms. The highest BCUT2D eigenvalue weighted by atomic mass is 19.4. The molecular formula is C19H12F3N3O3. The lowest BCUT2D eigenvalue weighted by atomic mass is 10.1. The second kappa shape index (κ2) is 7.47. The van der Waals surface area contributed by atoms with Crippen molar-refractivity contribution >= 4 is 17.3 Å². The van der Waals surface area contributed by atoms with Gasteiger partial charge in [-0.1, -0.05) is 12.1 Å². The van der Waals surface area contributed by atoms with Gasteiger partial charge in [0.2, 0.25) is 0 Å². The number of pyridine rings is 1. The molecule has 0 aliphatic carbocycles. The Labute approximate surface area is 156 Å². The number of rotatable bonds is 4. The lowest BCUT2D eigenvalue weighted by molar-refractivity contribution is -0.384. The van der Waals surface area contributed by atoms with E-state index in [1.165, 1.54) is 42.6 Å². The van der Waals surface area contributed by atoms with E-state index in [4.69, 9.17) is 0 Å². The summed E-state index contributed by atoms with van der Waals surface area (Å²) in [6.45, 7) is 0. The minimum atomic E-state index is -4.45. The van der Waals surface area contributed by atoms with E-state index in [0.717, 1.165) is 24.3 Å². The van der Waals surface area contributed by atoms with E-state index in [2.05, 4.69) is 10.3 Å². The molecular weight excluding hydrogens is 375 g/mol. The number of amides is 1. The summed E-state index contributed by atoms with van der Waals surface area (Å²) in [6.07, 6.45) is -3.03. The minimum Gasteiger partial charge on any atom is -0.322 e. The van der Waals surface area contributed by atoms with Crippen LogP contribution in [0.4, 0.5) is 24.5 Å². The number of anilines is 1. The van der Waals surface area contributed by atoms with Crippen LogP contribution < -0.4 is 5.32 Å². The molecule has 0 spiro atoms. The van der Waals surface area contributed by atoms with Gasteiger partial charge in [0.05, 0.1) is 10.5 Å². The first-order valence-electron chi connectivity index (χ1n) is 7.94. The number of alkyl halides is 3. The van der Waals surface area contributed by atoms with Gasteiger partial charge >= 0.3 is 6.18 Å². The average molecular weight is 387 g/mol. The first-order valence-corrected chi connectivity index (χ1v) is 7.94. The summed E-state index contributed by atoms with van der Waals surface area (Å²) in [5, 5.41) is 13.6. The van der Waals surface area contributed by atoms with Crippen LogP contribution in [0.1, 0.15) is 15.9 Å². The van der Waals surface area contributed by atoms with Crippen molar-refractivity contribution in [2.45, 2.75) is 6.18 Å². The van der Waals surface area contributed by atoms with Crippen LogP contribution >= 0.6 is 0 Å². The summed E-state index contributed by atoms with van der Waals surface area (Å²) < 4.78 is 37.7. The SMILES string of the molecule is O=C(Nc1ccc(C(F)(F)F)cc1)c1ccc(-c2ncccc2[N+](=O)[O-])cc1. The Kier molecular flexibility index (Phi) is 5.08. The van der Waals surface area contributed by atoms with Gasteiger partial charge in [-0.05, 0) is 42.5 Å². The molecule has 0 unspecified atom stereocenters. The highest BCUT2D eigenvalue weighted by molar-refractivity contribution is 6.04. The fourth-order valence-electron chi connectivity index (χ4n) is 2.49. The maximum atomic E-state index is 12.6. The van der Waals surface area contributed by atoms with Gasteiger partial charge < -0.3 is 5.32 Å². The summed E-state index contributed by atoms with van der Waals surface area (Å²) in [5.74, 6) is -0.526.